The zero-order valence-electron chi connectivity index (χ0n) is 43.4. The smallest absolute Gasteiger partial charge is 0.339 e. The first-order valence-corrected chi connectivity index (χ1v) is 34.5. The summed E-state index contributed by atoms with van der Waals surface area (Å²) in [4.78, 5) is 23.4. The number of hydrogen-bond donors (Lipinski definition) is 2. The summed E-state index contributed by atoms with van der Waals surface area (Å²) in [7, 11) is -15.0. The van der Waals surface area contributed by atoms with Crippen LogP contribution >= 0.6 is 7.60 Å². The lowest BCUT2D eigenvalue weighted by Crippen LogP contribution is -2.65. The Morgan fingerprint density at radius 2 is 1.00 bits per heavy atom. The molecule has 0 aliphatic carbocycles. The minimum atomic E-state index is -4.31. The van der Waals surface area contributed by atoms with E-state index >= 15 is 0 Å². The Labute approximate surface area is 428 Å². The van der Waals surface area contributed by atoms with Crippen LogP contribution in [0.3, 0.4) is 0 Å². The van der Waals surface area contributed by atoms with Gasteiger partial charge in [0, 0.05) is 55.6 Å². The standard InChI is InChI=1S/C53H87N4O10PS3/c1-5-16-47-29-55(42-68(58,59)60)32-48(47)38-70(63,64)40-51-35-57(26-24-56(25-27-57)33-43(6-2)44(7-3)34-56)36-52(51)41-71(65,66)39-50-31-54(30-49(50)37-69(61,62)8-4)23-14-9-10-15-28-67-53-21-19-46(20-22-53)45-17-12-11-13-18-45/h11-13,17-22,43-44,47-52H,5-10,14-16,23-42H2,1-4H3/p+2. The summed E-state index contributed by atoms with van der Waals surface area (Å²) < 4.78 is 104. The van der Waals surface area contributed by atoms with E-state index in [0.717, 1.165) is 91.5 Å². The van der Waals surface area contributed by atoms with Gasteiger partial charge in [0.2, 0.25) is 0 Å². The third kappa shape index (κ3) is 16.1. The number of piperazine rings is 1. The largest absolute Gasteiger partial charge is 0.494 e. The molecule has 0 saturated carbocycles. The van der Waals surface area contributed by atoms with Crippen LogP contribution in [0.4, 0.5) is 0 Å². The second kappa shape index (κ2) is 24.4. The maximum Gasteiger partial charge on any atom is 0.339 e. The summed E-state index contributed by atoms with van der Waals surface area (Å²) in [6.07, 6.45) is 7.44. The monoisotopic (exact) mass is 1070 g/mol. The highest BCUT2D eigenvalue weighted by atomic mass is 32.2. The fourth-order valence-corrected chi connectivity index (χ4v) is 20.4. The summed E-state index contributed by atoms with van der Waals surface area (Å²) in [6.45, 7) is 19.1. The van der Waals surface area contributed by atoms with Crippen molar-refractivity contribution in [2.75, 3.05) is 132 Å². The number of nitrogens with zero attached hydrogens (tertiary/aromatic N) is 4. The predicted molar refractivity (Wildman–Crippen MR) is 285 cm³/mol. The molecule has 2 N–H and O–H groups in total. The van der Waals surface area contributed by atoms with Crippen LogP contribution in [-0.4, -0.2) is 186 Å². The van der Waals surface area contributed by atoms with Gasteiger partial charge < -0.3 is 28.4 Å². The number of rotatable bonds is 26. The van der Waals surface area contributed by atoms with E-state index < -0.39 is 37.1 Å². The van der Waals surface area contributed by atoms with Gasteiger partial charge in [0.1, 0.15) is 48.1 Å². The molecule has 0 aromatic heterocycles. The molecule has 2 aromatic carbocycles. The van der Waals surface area contributed by atoms with Crippen LogP contribution in [0.1, 0.15) is 79.1 Å². The Kier molecular flexibility index (Phi) is 19.5. The molecular formula is C53H89N4O10PS3+2. The zero-order chi connectivity index (χ0) is 51.1. The molecule has 2 spiro atoms. The van der Waals surface area contributed by atoms with Gasteiger partial charge in [-0.2, -0.15) is 0 Å². The highest BCUT2D eigenvalue weighted by Crippen LogP contribution is 2.42. The van der Waals surface area contributed by atoms with Gasteiger partial charge in [-0.25, -0.2) is 25.3 Å². The topological polar surface area (TPSA) is 176 Å². The van der Waals surface area contributed by atoms with Crippen LogP contribution < -0.4 is 4.74 Å². The number of quaternary nitrogens is 2. The Balaban J connectivity index is 0.974. The van der Waals surface area contributed by atoms with Crippen LogP contribution in [0.25, 0.3) is 11.1 Å². The third-order valence-corrected chi connectivity index (χ3v) is 24.0. The number of sulfone groups is 3. The lowest BCUT2D eigenvalue weighted by Gasteiger charge is -2.47. The molecule has 0 radical (unpaired) electrons. The number of likely N-dealkylation sites (tertiary alicyclic amines) is 2. The van der Waals surface area contributed by atoms with Crippen molar-refractivity contribution in [3.8, 4) is 16.9 Å². The molecule has 5 saturated heterocycles. The lowest BCUT2D eigenvalue weighted by molar-refractivity contribution is -1.02. The average Bonchev–Trinajstić information content (AvgIpc) is 4.06. The van der Waals surface area contributed by atoms with Crippen molar-refractivity contribution >= 4 is 37.1 Å². The van der Waals surface area contributed by atoms with Crippen molar-refractivity contribution in [1.82, 2.24) is 9.80 Å². The maximum absolute atomic E-state index is 14.6. The van der Waals surface area contributed by atoms with Crippen molar-refractivity contribution in [1.29, 1.82) is 0 Å². The van der Waals surface area contributed by atoms with Crippen molar-refractivity contribution in [2.24, 2.45) is 47.3 Å². The molecule has 14 nitrogen and oxygen atoms in total. The Morgan fingerprint density at radius 1 is 0.549 bits per heavy atom. The van der Waals surface area contributed by atoms with E-state index in [4.69, 9.17) is 4.74 Å². The van der Waals surface area contributed by atoms with E-state index in [1.54, 1.807) is 11.8 Å². The van der Waals surface area contributed by atoms with Crippen LogP contribution in [0.2, 0.25) is 0 Å². The van der Waals surface area contributed by atoms with E-state index in [9.17, 15) is 39.6 Å². The highest BCUT2D eigenvalue weighted by Gasteiger charge is 2.55. The molecular weight excluding hydrogens is 980 g/mol. The molecule has 7 rings (SSSR count). The van der Waals surface area contributed by atoms with Gasteiger partial charge in [-0.05, 0) is 85.6 Å². The molecule has 402 valence electrons. The van der Waals surface area contributed by atoms with Gasteiger partial charge in [-0.1, -0.05) is 89.4 Å². The summed E-state index contributed by atoms with van der Waals surface area (Å²) in [6, 6.07) is 18.4. The van der Waals surface area contributed by atoms with Crippen LogP contribution in [0.5, 0.6) is 5.75 Å². The molecule has 5 aliphatic heterocycles. The van der Waals surface area contributed by atoms with Crippen molar-refractivity contribution in [3.05, 3.63) is 54.6 Å². The molecule has 71 heavy (non-hydrogen) atoms. The normalized spacial score (nSPS) is 31.1. The lowest BCUT2D eigenvalue weighted by atomic mass is 9.92. The molecule has 5 fully saturated rings. The summed E-state index contributed by atoms with van der Waals surface area (Å²) >= 11 is 0. The molecule has 0 amide bonds. The first kappa shape index (κ1) is 56.8. The second-order valence-electron chi connectivity index (χ2n) is 23.1. The van der Waals surface area contributed by atoms with Crippen LogP contribution in [0, 0.1) is 47.3 Å². The van der Waals surface area contributed by atoms with Gasteiger partial charge in [-0.3, -0.25) is 9.46 Å². The fraction of sp³-hybridized carbons (Fsp3) is 0.774. The van der Waals surface area contributed by atoms with E-state index in [1.807, 2.05) is 37.3 Å². The first-order valence-electron chi connectivity index (χ1n) is 27.2. The van der Waals surface area contributed by atoms with E-state index in [0.29, 0.717) is 57.7 Å². The second-order valence-corrected chi connectivity index (χ2v) is 31.4. The zero-order valence-corrected chi connectivity index (χ0v) is 46.8. The summed E-state index contributed by atoms with van der Waals surface area (Å²) in [5.41, 5.74) is 2.32. The van der Waals surface area contributed by atoms with E-state index in [2.05, 4.69) is 43.0 Å². The molecule has 8 unspecified atom stereocenters. The fourth-order valence-electron chi connectivity index (χ4n) is 14.0. The SMILES string of the molecule is CCCC1CN(CP(=O)(O)O)CC1CS(=O)(=O)CC1C[N+]2(CC[N+]3(CC2)CC(CC)C(CC)C3)CC1CS(=O)(=O)CC1CN(CCCCCCOc2ccc(-c3ccccc3)cc2)CC1CS(=O)(=O)CC. The predicted octanol–water partition coefficient (Wildman–Crippen LogP) is 6.55. The Morgan fingerprint density at radius 3 is 1.51 bits per heavy atom. The number of hydrogen-bond acceptors (Lipinski definition) is 10. The molecule has 5 heterocycles. The van der Waals surface area contributed by atoms with Gasteiger partial charge >= 0.3 is 7.60 Å². The number of ether oxygens (including phenoxy) is 1. The van der Waals surface area contributed by atoms with Gasteiger partial charge in [-0.15, -0.1) is 0 Å². The van der Waals surface area contributed by atoms with Gasteiger partial charge in [0.25, 0.3) is 0 Å². The molecule has 0 bridgehead atoms. The molecule has 2 aromatic rings. The maximum atomic E-state index is 14.6. The van der Waals surface area contributed by atoms with E-state index in [-0.39, 0.29) is 76.3 Å². The Bertz CT molecular complexity index is 2380. The summed E-state index contributed by atoms with van der Waals surface area (Å²) in [5, 5.41) is 0. The van der Waals surface area contributed by atoms with Crippen LogP contribution in [-0.2, 0) is 34.1 Å². The molecule has 5 aliphatic rings. The molecule has 18 heteroatoms. The number of benzene rings is 2. The van der Waals surface area contributed by atoms with Gasteiger partial charge in [0.05, 0.1) is 61.6 Å². The van der Waals surface area contributed by atoms with Crippen molar-refractivity contribution in [3.63, 3.8) is 0 Å². The van der Waals surface area contributed by atoms with Crippen LogP contribution in [0.15, 0.2) is 54.6 Å². The minimum absolute atomic E-state index is 0.0143. The average molecular weight is 1070 g/mol. The Hall–Kier alpha value is -1.92. The first-order chi connectivity index (χ1) is 33.6. The van der Waals surface area contributed by atoms with Gasteiger partial charge in [0.15, 0.2) is 19.7 Å². The van der Waals surface area contributed by atoms with Crippen molar-refractivity contribution in [2.45, 2.75) is 79.1 Å². The number of unbranched alkanes of at least 4 members (excludes halogenated alkanes) is 3. The summed E-state index contributed by atoms with van der Waals surface area (Å²) in [5.74, 6) is 0.433. The quantitative estimate of drug-likeness (QED) is 0.0592. The third-order valence-electron chi connectivity index (χ3n) is 17.7. The highest BCUT2D eigenvalue weighted by molar-refractivity contribution is 7.92. The minimum Gasteiger partial charge on any atom is -0.494 e. The molecule has 8 atom stereocenters. The van der Waals surface area contributed by atoms with E-state index in [1.165, 1.54) is 31.5 Å². The van der Waals surface area contributed by atoms with Crippen molar-refractivity contribution < 1.29 is 53.3 Å².